The van der Waals surface area contributed by atoms with Gasteiger partial charge in [0.25, 0.3) is 5.91 Å². The number of hydrogen-bond donors (Lipinski definition) is 1. The molecule has 0 unspecified atom stereocenters. The molecule has 2 aromatic rings. The third-order valence-electron chi connectivity index (χ3n) is 2.76. The lowest BCUT2D eigenvalue weighted by molar-refractivity contribution is 0.102. The van der Waals surface area contributed by atoms with Crippen molar-refractivity contribution < 1.29 is 4.79 Å². The molecule has 0 aliphatic rings. The maximum absolute atomic E-state index is 12.3. The first-order valence-electron chi connectivity index (χ1n) is 5.99. The van der Waals surface area contributed by atoms with Crippen LogP contribution < -0.4 is 5.32 Å². The molecule has 1 heterocycles. The summed E-state index contributed by atoms with van der Waals surface area (Å²) in [4.78, 5) is 12.8. The average molecular weight is 375 g/mol. The van der Waals surface area contributed by atoms with Crippen LogP contribution in [0.2, 0.25) is 5.02 Å². The molecule has 4 nitrogen and oxygen atoms in total. The summed E-state index contributed by atoms with van der Waals surface area (Å²) in [5, 5.41) is 7.44. The third kappa shape index (κ3) is 3.19. The van der Waals surface area contributed by atoms with Gasteiger partial charge in [-0.3, -0.25) is 4.79 Å². The Bertz CT molecular complexity index is 657. The van der Waals surface area contributed by atoms with Crippen LogP contribution in [0.3, 0.4) is 0 Å². The summed E-state index contributed by atoms with van der Waals surface area (Å²) < 4.78 is 4.64. The number of rotatable bonds is 3. The largest absolute Gasteiger partial charge is 0.320 e. The van der Waals surface area contributed by atoms with Crippen LogP contribution in [0, 0.1) is 6.92 Å². The van der Waals surface area contributed by atoms with Gasteiger partial charge in [-0.15, -0.1) is 5.10 Å². The summed E-state index contributed by atoms with van der Waals surface area (Å²) >= 11 is 10.6. The number of aryl methyl sites for hydroxylation is 1. The number of carbonyl (C=O) groups is 1. The van der Waals surface area contributed by atoms with Crippen LogP contribution in [0.4, 0.5) is 5.69 Å². The minimum atomic E-state index is -0.218. The van der Waals surface area contributed by atoms with E-state index in [2.05, 4.69) is 30.8 Å². The number of anilines is 1. The number of hydrogen-bond acceptors (Lipinski definition) is 4. The number of halogens is 2. The van der Waals surface area contributed by atoms with Crippen molar-refractivity contribution in [1.82, 2.24) is 9.59 Å². The van der Waals surface area contributed by atoms with Gasteiger partial charge in [-0.05, 0) is 58.0 Å². The number of aromatic nitrogens is 2. The van der Waals surface area contributed by atoms with E-state index in [1.807, 2.05) is 26.8 Å². The molecule has 0 spiro atoms. The van der Waals surface area contributed by atoms with Crippen molar-refractivity contribution in [1.29, 1.82) is 0 Å². The van der Waals surface area contributed by atoms with E-state index in [9.17, 15) is 4.79 Å². The molecule has 0 saturated carbocycles. The first kappa shape index (κ1) is 15.4. The molecule has 2 rings (SSSR count). The zero-order valence-electron chi connectivity index (χ0n) is 11.2. The summed E-state index contributed by atoms with van der Waals surface area (Å²) in [6, 6.07) is 3.59. The first-order valence-corrected chi connectivity index (χ1v) is 7.93. The summed E-state index contributed by atoms with van der Waals surface area (Å²) in [6.45, 7) is 5.86. The SMILES string of the molecule is Cc1cc(Br)c(NC(=O)c2snnc2C(C)C)cc1Cl. The van der Waals surface area contributed by atoms with Gasteiger partial charge in [-0.2, -0.15) is 0 Å². The normalized spacial score (nSPS) is 10.9. The Morgan fingerprint density at radius 3 is 2.80 bits per heavy atom. The summed E-state index contributed by atoms with van der Waals surface area (Å²) in [7, 11) is 0. The number of amides is 1. The smallest absolute Gasteiger partial charge is 0.269 e. The minimum absolute atomic E-state index is 0.152. The van der Waals surface area contributed by atoms with Crippen molar-refractivity contribution in [3.05, 3.63) is 37.8 Å². The summed E-state index contributed by atoms with van der Waals surface area (Å²) in [6.07, 6.45) is 0. The van der Waals surface area contributed by atoms with Crippen molar-refractivity contribution in [3.63, 3.8) is 0 Å². The van der Waals surface area contributed by atoms with Gasteiger partial charge in [0, 0.05) is 9.50 Å². The molecular weight excluding hydrogens is 362 g/mol. The first-order chi connectivity index (χ1) is 9.40. The molecule has 0 atom stereocenters. The van der Waals surface area contributed by atoms with Crippen molar-refractivity contribution >= 4 is 50.7 Å². The standard InChI is InChI=1S/C13H13BrClN3OS/c1-6(2)11-12(20-18-17-11)13(19)16-10-5-9(15)7(3)4-8(10)14/h4-6H,1-3H3,(H,16,19). The van der Waals surface area contributed by atoms with Gasteiger partial charge in [-0.1, -0.05) is 29.9 Å². The minimum Gasteiger partial charge on any atom is -0.320 e. The van der Waals surface area contributed by atoms with Gasteiger partial charge in [0.1, 0.15) is 4.88 Å². The molecule has 7 heteroatoms. The van der Waals surface area contributed by atoms with Gasteiger partial charge >= 0.3 is 0 Å². The third-order valence-corrected chi connectivity index (χ3v) is 4.57. The molecule has 20 heavy (non-hydrogen) atoms. The van der Waals surface area contributed by atoms with Gasteiger partial charge in [0.15, 0.2) is 0 Å². The van der Waals surface area contributed by atoms with E-state index in [1.54, 1.807) is 6.07 Å². The molecule has 0 aliphatic carbocycles. The van der Waals surface area contributed by atoms with Crippen LogP contribution >= 0.6 is 39.1 Å². The highest BCUT2D eigenvalue weighted by Crippen LogP contribution is 2.30. The van der Waals surface area contributed by atoms with Gasteiger partial charge in [0.05, 0.1) is 11.4 Å². The van der Waals surface area contributed by atoms with Crippen LogP contribution in [0.15, 0.2) is 16.6 Å². The molecule has 1 aromatic carbocycles. The van der Waals surface area contributed by atoms with E-state index in [-0.39, 0.29) is 11.8 Å². The highest BCUT2D eigenvalue weighted by molar-refractivity contribution is 9.10. The van der Waals surface area contributed by atoms with E-state index in [0.29, 0.717) is 21.3 Å². The highest BCUT2D eigenvalue weighted by Gasteiger charge is 2.19. The Labute approximate surface area is 134 Å². The predicted octanol–water partition coefficient (Wildman–Crippen LogP) is 4.64. The van der Waals surface area contributed by atoms with Crippen LogP contribution in [0.25, 0.3) is 0 Å². The van der Waals surface area contributed by atoms with Crippen LogP contribution in [-0.4, -0.2) is 15.5 Å². The molecule has 0 fully saturated rings. The van der Waals surface area contributed by atoms with Gasteiger partial charge < -0.3 is 5.32 Å². The molecule has 0 saturated heterocycles. The Hall–Kier alpha value is -0.980. The van der Waals surface area contributed by atoms with E-state index < -0.39 is 0 Å². The Balaban J connectivity index is 2.28. The molecule has 106 valence electrons. The van der Waals surface area contributed by atoms with Gasteiger partial charge in [0.2, 0.25) is 0 Å². The zero-order valence-corrected chi connectivity index (χ0v) is 14.4. The van der Waals surface area contributed by atoms with Crippen molar-refractivity contribution in [2.45, 2.75) is 26.7 Å². The number of nitrogens with zero attached hydrogens (tertiary/aromatic N) is 2. The van der Waals surface area contributed by atoms with Crippen LogP contribution in [0.1, 0.15) is 40.7 Å². The molecule has 0 bridgehead atoms. The Morgan fingerprint density at radius 2 is 2.15 bits per heavy atom. The Morgan fingerprint density at radius 1 is 1.45 bits per heavy atom. The van der Waals surface area contributed by atoms with E-state index >= 15 is 0 Å². The number of carbonyl (C=O) groups excluding carboxylic acids is 1. The molecular formula is C13H13BrClN3OS. The topological polar surface area (TPSA) is 54.9 Å². The Kier molecular flexibility index (Phi) is 4.78. The second-order valence-electron chi connectivity index (χ2n) is 4.68. The van der Waals surface area contributed by atoms with Crippen LogP contribution in [0.5, 0.6) is 0 Å². The second kappa shape index (κ2) is 6.20. The maximum Gasteiger partial charge on any atom is 0.269 e. The lowest BCUT2D eigenvalue weighted by atomic mass is 10.1. The van der Waals surface area contributed by atoms with Crippen molar-refractivity contribution in [2.75, 3.05) is 5.32 Å². The fraction of sp³-hybridized carbons (Fsp3) is 0.308. The van der Waals surface area contributed by atoms with E-state index in [1.165, 1.54) is 0 Å². The van der Waals surface area contributed by atoms with E-state index in [4.69, 9.17) is 11.6 Å². The number of benzene rings is 1. The quantitative estimate of drug-likeness (QED) is 0.851. The predicted molar refractivity (Wildman–Crippen MR) is 85.8 cm³/mol. The van der Waals surface area contributed by atoms with Crippen molar-refractivity contribution in [3.8, 4) is 0 Å². The fourth-order valence-electron chi connectivity index (χ4n) is 1.65. The lowest BCUT2D eigenvalue weighted by Crippen LogP contribution is -2.13. The second-order valence-corrected chi connectivity index (χ2v) is 6.69. The molecule has 0 aliphatic heterocycles. The average Bonchev–Trinajstić information content (AvgIpc) is 2.85. The molecule has 0 radical (unpaired) electrons. The summed E-state index contributed by atoms with van der Waals surface area (Å²) in [5.74, 6) is -0.0659. The van der Waals surface area contributed by atoms with E-state index in [0.717, 1.165) is 21.6 Å². The number of nitrogens with one attached hydrogen (secondary N) is 1. The van der Waals surface area contributed by atoms with Crippen LogP contribution in [-0.2, 0) is 0 Å². The fourth-order valence-corrected chi connectivity index (χ4v) is 3.09. The maximum atomic E-state index is 12.3. The molecule has 1 aromatic heterocycles. The highest BCUT2D eigenvalue weighted by atomic mass is 79.9. The zero-order chi connectivity index (χ0) is 14.9. The van der Waals surface area contributed by atoms with Gasteiger partial charge in [-0.25, -0.2) is 0 Å². The summed E-state index contributed by atoms with van der Waals surface area (Å²) in [5.41, 5.74) is 2.29. The lowest BCUT2D eigenvalue weighted by Gasteiger charge is -2.09. The monoisotopic (exact) mass is 373 g/mol. The molecule has 1 amide bonds. The molecule has 1 N–H and O–H groups in total. The van der Waals surface area contributed by atoms with Crippen molar-refractivity contribution in [2.24, 2.45) is 0 Å².